The van der Waals surface area contributed by atoms with E-state index >= 15 is 0 Å². The molecule has 0 amide bonds. The predicted octanol–water partition coefficient (Wildman–Crippen LogP) is 3.44. The number of nitrogens with one attached hydrogen (secondary N) is 1. The average molecular weight is 308 g/mol. The molecule has 0 unspecified atom stereocenters. The molecule has 18 heavy (non-hydrogen) atoms. The zero-order valence-corrected chi connectivity index (χ0v) is 12.4. The van der Waals surface area contributed by atoms with Crippen molar-refractivity contribution in [2.45, 2.75) is 26.8 Å². The number of benzene rings is 1. The van der Waals surface area contributed by atoms with Gasteiger partial charge in [-0.3, -0.25) is 0 Å². The van der Waals surface area contributed by atoms with Gasteiger partial charge in [-0.2, -0.15) is 5.10 Å². The van der Waals surface area contributed by atoms with Gasteiger partial charge in [0.2, 0.25) is 0 Å². The third-order valence-electron chi connectivity index (χ3n) is 2.77. The Morgan fingerprint density at radius 2 is 2.17 bits per heavy atom. The van der Waals surface area contributed by atoms with Crippen molar-refractivity contribution in [1.82, 2.24) is 15.1 Å². The van der Waals surface area contributed by atoms with Crippen LogP contribution in [0.5, 0.6) is 0 Å². The summed E-state index contributed by atoms with van der Waals surface area (Å²) in [6.45, 7) is 6.11. The molecule has 0 aliphatic heterocycles. The van der Waals surface area contributed by atoms with Gasteiger partial charge >= 0.3 is 0 Å². The Balaban J connectivity index is 2.14. The first kappa shape index (κ1) is 13.3. The fourth-order valence-electron chi connectivity index (χ4n) is 1.78. The van der Waals surface area contributed by atoms with Crippen molar-refractivity contribution in [2.75, 3.05) is 6.54 Å². The second kappa shape index (κ2) is 6.16. The maximum Gasteiger partial charge on any atom is 0.0657 e. The molecule has 0 saturated heterocycles. The summed E-state index contributed by atoms with van der Waals surface area (Å²) in [4.78, 5) is 0. The van der Waals surface area contributed by atoms with E-state index in [4.69, 9.17) is 0 Å². The van der Waals surface area contributed by atoms with E-state index < -0.39 is 0 Å². The summed E-state index contributed by atoms with van der Waals surface area (Å²) in [5, 5.41) is 7.81. The second-order valence-corrected chi connectivity index (χ2v) is 5.21. The van der Waals surface area contributed by atoms with Gasteiger partial charge in [-0.25, -0.2) is 4.68 Å². The molecule has 3 nitrogen and oxygen atoms in total. The number of halogens is 1. The lowest BCUT2D eigenvalue weighted by Gasteiger charge is -2.08. The molecule has 96 valence electrons. The highest BCUT2D eigenvalue weighted by molar-refractivity contribution is 9.10. The van der Waals surface area contributed by atoms with Gasteiger partial charge in [-0.15, -0.1) is 0 Å². The van der Waals surface area contributed by atoms with Crippen LogP contribution >= 0.6 is 15.9 Å². The first-order valence-electron chi connectivity index (χ1n) is 6.22. The number of aryl methyl sites for hydroxylation is 1. The Hall–Kier alpha value is -1.13. The third-order valence-corrected chi connectivity index (χ3v) is 3.50. The summed E-state index contributed by atoms with van der Waals surface area (Å²) < 4.78 is 3.01. The van der Waals surface area contributed by atoms with Crippen LogP contribution < -0.4 is 5.32 Å². The van der Waals surface area contributed by atoms with Crippen LogP contribution in [0.25, 0.3) is 5.69 Å². The first-order valence-corrected chi connectivity index (χ1v) is 7.02. The molecular formula is C14H18BrN3. The Morgan fingerprint density at radius 1 is 1.33 bits per heavy atom. The summed E-state index contributed by atoms with van der Waals surface area (Å²) in [6.07, 6.45) is 3.13. The molecule has 0 spiro atoms. The summed E-state index contributed by atoms with van der Waals surface area (Å²) in [5.74, 6) is 0. The van der Waals surface area contributed by atoms with Gasteiger partial charge in [-0.05, 0) is 43.7 Å². The molecule has 1 heterocycles. The van der Waals surface area contributed by atoms with Crippen molar-refractivity contribution >= 4 is 15.9 Å². The van der Waals surface area contributed by atoms with Crippen molar-refractivity contribution < 1.29 is 0 Å². The summed E-state index contributed by atoms with van der Waals surface area (Å²) in [5.41, 5.74) is 3.38. The largest absolute Gasteiger partial charge is 0.313 e. The lowest BCUT2D eigenvalue weighted by molar-refractivity contribution is 0.673. The Morgan fingerprint density at radius 3 is 2.78 bits per heavy atom. The monoisotopic (exact) mass is 307 g/mol. The first-order chi connectivity index (χ1) is 8.70. The number of aromatic nitrogens is 2. The Kier molecular flexibility index (Phi) is 4.55. The van der Waals surface area contributed by atoms with Crippen LogP contribution in [0.4, 0.5) is 0 Å². The molecule has 2 aromatic rings. The molecule has 0 aliphatic carbocycles. The molecule has 0 radical (unpaired) electrons. The van der Waals surface area contributed by atoms with Gasteiger partial charge in [0.1, 0.15) is 0 Å². The fraction of sp³-hybridized carbons (Fsp3) is 0.357. The molecule has 1 aromatic carbocycles. The number of nitrogens with zero attached hydrogens (tertiary/aromatic N) is 2. The van der Waals surface area contributed by atoms with Gasteiger partial charge in [-0.1, -0.05) is 28.9 Å². The van der Waals surface area contributed by atoms with E-state index in [0.717, 1.165) is 35.4 Å². The molecule has 0 saturated carbocycles. The standard InChI is InChI=1S/C14H18BrN3/c1-3-7-16-10-12-4-5-13(9-14(12)15)18-8-6-11(2)17-18/h4-6,8-9,16H,3,7,10H2,1-2H3. The SMILES string of the molecule is CCCNCc1ccc(-n2ccc(C)n2)cc1Br. The number of rotatable bonds is 5. The fourth-order valence-corrected chi connectivity index (χ4v) is 2.29. The average Bonchev–Trinajstić information content (AvgIpc) is 2.78. The van der Waals surface area contributed by atoms with E-state index in [1.807, 2.05) is 23.9 Å². The van der Waals surface area contributed by atoms with Crippen LogP contribution in [0.15, 0.2) is 34.9 Å². The lowest BCUT2D eigenvalue weighted by Crippen LogP contribution is -2.14. The minimum absolute atomic E-state index is 0.896. The van der Waals surface area contributed by atoms with E-state index in [1.54, 1.807) is 0 Å². The molecule has 0 fully saturated rings. The van der Waals surface area contributed by atoms with Crippen molar-refractivity contribution in [2.24, 2.45) is 0 Å². The molecular weight excluding hydrogens is 290 g/mol. The van der Waals surface area contributed by atoms with Crippen LogP contribution in [0.1, 0.15) is 24.6 Å². The van der Waals surface area contributed by atoms with Crippen molar-refractivity contribution in [3.63, 3.8) is 0 Å². The Labute approximate surface area is 116 Å². The van der Waals surface area contributed by atoms with E-state index in [9.17, 15) is 0 Å². The molecule has 4 heteroatoms. The quantitative estimate of drug-likeness (QED) is 0.858. The van der Waals surface area contributed by atoms with Crippen LogP contribution in [0, 0.1) is 6.92 Å². The molecule has 0 aliphatic rings. The number of hydrogen-bond acceptors (Lipinski definition) is 2. The highest BCUT2D eigenvalue weighted by atomic mass is 79.9. The number of hydrogen-bond donors (Lipinski definition) is 1. The van der Waals surface area contributed by atoms with E-state index in [1.165, 1.54) is 5.56 Å². The molecule has 1 N–H and O–H groups in total. The van der Waals surface area contributed by atoms with Gasteiger partial charge < -0.3 is 5.32 Å². The molecule has 2 rings (SSSR count). The van der Waals surface area contributed by atoms with Crippen molar-refractivity contribution in [3.05, 3.63) is 46.2 Å². The van der Waals surface area contributed by atoms with Crippen LogP contribution in [0.2, 0.25) is 0 Å². The minimum atomic E-state index is 0.896. The zero-order chi connectivity index (χ0) is 13.0. The highest BCUT2D eigenvalue weighted by Crippen LogP contribution is 2.20. The summed E-state index contributed by atoms with van der Waals surface area (Å²) in [6, 6.07) is 8.35. The van der Waals surface area contributed by atoms with Gasteiger partial charge in [0.15, 0.2) is 0 Å². The lowest BCUT2D eigenvalue weighted by atomic mass is 10.2. The maximum atomic E-state index is 4.41. The molecule has 0 atom stereocenters. The van der Waals surface area contributed by atoms with Crippen molar-refractivity contribution in [3.8, 4) is 5.69 Å². The second-order valence-electron chi connectivity index (χ2n) is 4.35. The van der Waals surface area contributed by atoms with Gasteiger partial charge in [0, 0.05) is 17.2 Å². The minimum Gasteiger partial charge on any atom is -0.313 e. The van der Waals surface area contributed by atoms with Gasteiger partial charge in [0.05, 0.1) is 11.4 Å². The molecule has 1 aromatic heterocycles. The smallest absolute Gasteiger partial charge is 0.0657 e. The van der Waals surface area contributed by atoms with E-state index in [2.05, 4.69) is 51.5 Å². The maximum absolute atomic E-state index is 4.41. The summed E-state index contributed by atoms with van der Waals surface area (Å²) in [7, 11) is 0. The Bertz CT molecular complexity index is 520. The zero-order valence-electron chi connectivity index (χ0n) is 10.8. The molecule has 0 bridgehead atoms. The van der Waals surface area contributed by atoms with Crippen LogP contribution in [-0.4, -0.2) is 16.3 Å². The van der Waals surface area contributed by atoms with E-state index in [-0.39, 0.29) is 0 Å². The van der Waals surface area contributed by atoms with Gasteiger partial charge in [0.25, 0.3) is 0 Å². The predicted molar refractivity (Wildman–Crippen MR) is 78.0 cm³/mol. The normalized spacial score (nSPS) is 10.8. The summed E-state index contributed by atoms with van der Waals surface area (Å²) >= 11 is 3.62. The van der Waals surface area contributed by atoms with E-state index in [0.29, 0.717) is 0 Å². The topological polar surface area (TPSA) is 29.9 Å². The van der Waals surface area contributed by atoms with Crippen molar-refractivity contribution in [1.29, 1.82) is 0 Å². The van der Waals surface area contributed by atoms with Crippen LogP contribution in [-0.2, 0) is 6.54 Å². The third kappa shape index (κ3) is 3.21. The van der Waals surface area contributed by atoms with Crippen LogP contribution in [0.3, 0.4) is 0 Å². The highest BCUT2D eigenvalue weighted by Gasteiger charge is 2.03.